The minimum Gasteiger partial charge on any atom is -0.354 e. The van der Waals surface area contributed by atoms with Gasteiger partial charge in [-0.1, -0.05) is 0 Å². The molecule has 0 aromatic heterocycles. The molecule has 0 spiro atoms. The topological polar surface area (TPSA) is 51.0 Å². The van der Waals surface area contributed by atoms with Crippen LogP contribution < -0.4 is 5.73 Å². The average Bonchev–Trinajstić information content (AvgIpc) is 2.85. The molecule has 0 bridgehead atoms. The van der Waals surface area contributed by atoms with E-state index in [1.165, 1.54) is 19.4 Å². The van der Waals surface area contributed by atoms with Crippen molar-refractivity contribution < 1.29 is 9.47 Å². The molecule has 5 heteroatoms. The van der Waals surface area contributed by atoms with Crippen molar-refractivity contribution in [2.75, 3.05) is 40.4 Å². The number of nitrogens with zero attached hydrogens (tertiary/aromatic N) is 2. The molecule has 2 heterocycles. The van der Waals surface area contributed by atoms with Gasteiger partial charge in [-0.25, -0.2) is 0 Å². The lowest BCUT2D eigenvalue weighted by Gasteiger charge is -2.52. The van der Waals surface area contributed by atoms with E-state index in [0.29, 0.717) is 18.6 Å². The molecule has 0 aromatic rings. The minimum atomic E-state index is -0.284. The molecule has 3 unspecified atom stereocenters. The zero-order valence-corrected chi connectivity index (χ0v) is 12.8. The number of hydrogen-bond donors (Lipinski definition) is 1. The first kappa shape index (κ1) is 15.2. The Hall–Kier alpha value is -0.200. The summed E-state index contributed by atoms with van der Waals surface area (Å²) >= 11 is 0. The lowest BCUT2D eigenvalue weighted by molar-refractivity contribution is -0.195. The number of ether oxygens (including phenoxy) is 2. The Kier molecular flexibility index (Phi) is 4.84. The summed E-state index contributed by atoms with van der Waals surface area (Å²) in [4.78, 5) is 5.11. The van der Waals surface area contributed by atoms with Crippen LogP contribution in [0.1, 0.15) is 26.7 Å². The molecule has 2 rings (SSSR count). The van der Waals surface area contributed by atoms with Gasteiger partial charge in [0.1, 0.15) is 0 Å². The third-order valence-electron chi connectivity index (χ3n) is 4.94. The lowest BCUT2D eigenvalue weighted by atomic mass is 9.93. The highest BCUT2D eigenvalue weighted by Gasteiger charge is 2.46. The highest BCUT2D eigenvalue weighted by atomic mass is 16.7. The molecule has 2 fully saturated rings. The predicted octanol–water partition coefficient (Wildman–Crippen LogP) is 0.491. The van der Waals surface area contributed by atoms with Crippen molar-refractivity contribution in [1.29, 1.82) is 0 Å². The standard InChI is InChI=1S/C14H29N3O2/c1-11-8-16-7-5-6-12(16)9-17(11)14(2,10-15)13(18-3)19-4/h11-13H,5-10,15H2,1-4H3. The summed E-state index contributed by atoms with van der Waals surface area (Å²) in [6.07, 6.45) is 2.34. The van der Waals surface area contributed by atoms with Crippen molar-refractivity contribution in [3.05, 3.63) is 0 Å². The van der Waals surface area contributed by atoms with Crippen LogP contribution in [0.2, 0.25) is 0 Å². The molecule has 0 saturated carbocycles. The van der Waals surface area contributed by atoms with Crippen LogP contribution in [-0.4, -0.2) is 74.1 Å². The van der Waals surface area contributed by atoms with Gasteiger partial charge in [0.15, 0.2) is 6.29 Å². The number of fused-ring (bicyclic) bond motifs is 1. The second-order valence-electron chi connectivity index (χ2n) is 6.16. The summed E-state index contributed by atoms with van der Waals surface area (Å²) < 4.78 is 11.0. The van der Waals surface area contributed by atoms with Gasteiger partial charge in [-0.15, -0.1) is 0 Å². The van der Waals surface area contributed by atoms with Crippen LogP contribution in [0.3, 0.4) is 0 Å². The van der Waals surface area contributed by atoms with Crippen molar-refractivity contribution in [2.24, 2.45) is 5.73 Å². The van der Waals surface area contributed by atoms with Gasteiger partial charge in [0.2, 0.25) is 0 Å². The quantitative estimate of drug-likeness (QED) is 0.738. The second kappa shape index (κ2) is 6.06. The summed E-state index contributed by atoms with van der Waals surface area (Å²) in [7, 11) is 3.39. The van der Waals surface area contributed by atoms with Crippen LogP contribution >= 0.6 is 0 Å². The molecule has 19 heavy (non-hydrogen) atoms. The Balaban J connectivity index is 2.17. The summed E-state index contributed by atoms with van der Waals surface area (Å²) in [6.45, 7) is 8.42. The fourth-order valence-electron chi connectivity index (χ4n) is 3.85. The molecule has 2 aliphatic heterocycles. The third kappa shape index (κ3) is 2.67. The first-order valence-electron chi connectivity index (χ1n) is 7.33. The zero-order valence-electron chi connectivity index (χ0n) is 12.8. The fraction of sp³-hybridized carbons (Fsp3) is 1.00. The third-order valence-corrected chi connectivity index (χ3v) is 4.94. The summed E-state index contributed by atoms with van der Waals surface area (Å²) in [5.41, 5.74) is 5.81. The highest BCUT2D eigenvalue weighted by Crippen LogP contribution is 2.31. The van der Waals surface area contributed by atoms with E-state index in [2.05, 4.69) is 23.6 Å². The molecule has 5 nitrogen and oxygen atoms in total. The summed E-state index contributed by atoms with van der Waals surface area (Å²) in [5.74, 6) is 0. The van der Waals surface area contributed by atoms with Crippen LogP contribution in [0, 0.1) is 0 Å². The zero-order chi connectivity index (χ0) is 14.0. The number of methoxy groups -OCH3 is 2. The molecule has 2 N–H and O–H groups in total. The molecular formula is C14H29N3O2. The van der Waals surface area contributed by atoms with E-state index in [4.69, 9.17) is 15.2 Å². The van der Waals surface area contributed by atoms with Gasteiger partial charge in [0.25, 0.3) is 0 Å². The van der Waals surface area contributed by atoms with E-state index < -0.39 is 0 Å². The van der Waals surface area contributed by atoms with Gasteiger partial charge in [0, 0.05) is 45.9 Å². The van der Waals surface area contributed by atoms with Gasteiger partial charge in [0.05, 0.1) is 5.54 Å². The van der Waals surface area contributed by atoms with E-state index in [-0.39, 0.29) is 11.8 Å². The smallest absolute Gasteiger partial charge is 0.176 e. The van der Waals surface area contributed by atoms with Crippen molar-refractivity contribution in [1.82, 2.24) is 9.80 Å². The normalized spacial score (nSPS) is 32.5. The van der Waals surface area contributed by atoms with E-state index in [1.807, 2.05) is 0 Å². The number of nitrogens with two attached hydrogens (primary N) is 1. The second-order valence-corrected chi connectivity index (χ2v) is 6.16. The first-order valence-corrected chi connectivity index (χ1v) is 7.33. The monoisotopic (exact) mass is 271 g/mol. The van der Waals surface area contributed by atoms with Crippen LogP contribution in [0.4, 0.5) is 0 Å². The van der Waals surface area contributed by atoms with Crippen molar-refractivity contribution >= 4 is 0 Å². The maximum atomic E-state index is 6.07. The number of piperazine rings is 1. The van der Waals surface area contributed by atoms with E-state index in [0.717, 1.165) is 13.1 Å². The van der Waals surface area contributed by atoms with Crippen LogP contribution in [-0.2, 0) is 9.47 Å². The van der Waals surface area contributed by atoms with E-state index in [9.17, 15) is 0 Å². The molecule has 0 aliphatic carbocycles. The largest absolute Gasteiger partial charge is 0.354 e. The molecule has 2 saturated heterocycles. The summed E-state index contributed by atoms with van der Waals surface area (Å²) in [6, 6.07) is 1.16. The number of hydrogen-bond acceptors (Lipinski definition) is 5. The Morgan fingerprint density at radius 3 is 2.58 bits per heavy atom. The average molecular weight is 271 g/mol. The van der Waals surface area contributed by atoms with Gasteiger partial charge >= 0.3 is 0 Å². The predicted molar refractivity (Wildman–Crippen MR) is 76.0 cm³/mol. The summed E-state index contributed by atoms with van der Waals surface area (Å²) in [5, 5.41) is 0. The van der Waals surface area contributed by atoms with Crippen LogP contribution in [0.15, 0.2) is 0 Å². The molecular weight excluding hydrogens is 242 g/mol. The van der Waals surface area contributed by atoms with Crippen molar-refractivity contribution in [2.45, 2.75) is 50.6 Å². The van der Waals surface area contributed by atoms with Gasteiger partial charge in [-0.3, -0.25) is 9.80 Å². The van der Waals surface area contributed by atoms with Gasteiger partial charge in [-0.2, -0.15) is 0 Å². The van der Waals surface area contributed by atoms with Gasteiger partial charge < -0.3 is 15.2 Å². The maximum Gasteiger partial charge on any atom is 0.176 e. The fourth-order valence-corrected chi connectivity index (χ4v) is 3.85. The van der Waals surface area contributed by atoms with Crippen LogP contribution in [0.5, 0.6) is 0 Å². The lowest BCUT2D eigenvalue weighted by Crippen LogP contribution is -2.68. The minimum absolute atomic E-state index is 0.266. The number of rotatable bonds is 5. The van der Waals surface area contributed by atoms with Crippen LogP contribution in [0.25, 0.3) is 0 Å². The molecule has 0 aromatic carbocycles. The van der Waals surface area contributed by atoms with E-state index >= 15 is 0 Å². The van der Waals surface area contributed by atoms with Crippen molar-refractivity contribution in [3.63, 3.8) is 0 Å². The molecule has 2 aliphatic rings. The Labute approximate surface area is 117 Å². The Morgan fingerprint density at radius 1 is 1.32 bits per heavy atom. The highest BCUT2D eigenvalue weighted by molar-refractivity contribution is 5.00. The SMILES string of the molecule is COC(OC)C(C)(CN)N1CC2CCCN2CC1C. The van der Waals surface area contributed by atoms with Crippen molar-refractivity contribution in [3.8, 4) is 0 Å². The van der Waals surface area contributed by atoms with E-state index in [1.54, 1.807) is 14.2 Å². The Morgan fingerprint density at radius 2 is 2.00 bits per heavy atom. The Bertz CT molecular complexity index is 298. The molecule has 112 valence electrons. The molecule has 3 atom stereocenters. The van der Waals surface area contributed by atoms with Gasteiger partial charge in [-0.05, 0) is 33.2 Å². The first-order chi connectivity index (χ1) is 9.06. The maximum absolute atomic E-state index is 6.07. The molecule has 0 radical (unpaired) electrons. The molecule has 0 amide bonds.